The molecule has 2 atom stereocenters. The fraction of sp³-hybridized carbons (Fsp3) is 0.733. The number of likely N-dealkylation sites (tertiary alicyclic amines) is 1. The molecule has 1 aliphatic heterocycles. The number of guanidine groups is 1. The van der Waals surface area contributed by atoms with Gasteiger partial charge in [0.15, 0.2) is 5.96 Å². The molecule has 0 saturated carbocycles. The lowest BCUT2D eigenvalue weighted by Crippen LogP contribution is -2.48. The van der Waals surface area contributed by atoms with E-state index < -0.39 is 0 Å². The van der Waals surface area contributed by atoms with Gasteiger partial charge < -0.3 is 10.2 Å². The molecule has 0 radical (unpaired) electrons. The summed E-state index contributed by atoms with van der Waals surface area (Å²) in [6.07, 6.45) is 6.29. The summed E-state index contributed by atoms with van der Waals surface area (Å²) in [5, 5.41) is 7.67. The molecule has 2 heterocycles. The smallest absolute Gasteiger partial charge is 0.193 e. The fourth-order valence-electron chi connectivity index (χ4n) is 3.09. The molecule has 1 saturated heterocycles. The lowest BCUT2D eigenvalue weighted by Gasteiger charge is -2.37. The van der Waals surface area contributed by atoms with Crippen molar-refractivity contribution in [2.75, 3.05) is 26.7 Å². The number of hydrogen-bond donors (Lipinski definition) is 1. The van der Waals surface area contributed by atoms with Crippen molar-refractivity contribution in [1.82, 2.24) is 20.0 Å². The minimum absolute atomic E-state index is 0. The van der Waals surface area contributed by atoms with Crippen LogP contribution in [0.1, 0.15) is 25.8 Å². The van der Waals surface area contributed by atoms with Crippen LogP contribution in [0.25, 0.3) is 0 Å². The quantitative estimate of drug-likeness (QED) is 0.476. The van der Waals surface area contributed by atoms with Crippen LogP contribution in [0.5, 0.6) is 0 Å². The maximum atomic E-state index is 4.43. The second-order valence-corrected chi connectivity index (χ2v) is 6.10. The van der Waals surface area contributed by atoms with Crippen molar-refractivity contribution < 1.29 is 0 Å². The highest BCUT2D eigenvalue weighted by molar-refractivity contribution is 14.0. The molecule has 1 aliphatic rings. The van der Waals surface area contributed by atoms with Gasteiger partial charge >= 0.3 is 0 Å². The van der Waals surface area contributed by atoms with E-state index in [1.165, 1.54) is 12.0 Å². The molecule has 2 rings (SSSR count). The van der Waals surface area contributed by atoms with Crippen molar-refractivity contribution in [3.63, 3.8) is 0 Å². The van der Waals surface area contributed by atoms with Gasteiger partial charge in [-0.2, -0.15) is 5.10 Å². The predicted octanol–water partition coefficient (Wildman–Crippen LogP) is 2.13. The van der Waals surface area contributed by atoms with Gasteiger partial charge in [0.1, 0.15) is 0 Å². The molecule has 5 nitrogen and oxygen atoms in total. The predicted molar refractivity (Wildman–Crippen MR) is 98.2 cm³/mol. The molecule has 1 aromatic rings. The zero-order valence-electron chi connectivity index (χ0n) is 13.5. The summed E-state index contributed by atoms with van der Waals surface area (Å²) < 4.78 is 1.85. The normalized spacial score (nSPS) is 22.9. The Morgan fingerprint density at radius 3 is 2.57 bits per heavy atom. The second-order valence-electron chi connectivity index (χ2n) is 6.10. The Balaban J connectivity index is 0.00000220. The van der Waals surface area contributed by atoms with Crippen molar-refractivity contribution in [3.05, 3.63) is 18.0 Å². The molecule has 21 heavy (non-hydrogen) atoms. The van der Waals surface area contributed by atoms with Gasteiger partial charge in [-0.3, -0.25) is 9.67 Å². The maximum absolute atomic E-state index is 4.43. The Hall–Kier alpha value is -0.790. The van der Waals surface area contributed by atoms with Gasteiger partial charge in [0, 0.05) is 39.9 Å². The summed E-state index contributed by atoms with van der Waals surface area (Å²) in [7, 11) is 3.82. The Bertz CT molecular complexity index is 447. The number of hydrogen-bond acceptors (Lipinski definition) is 2. The molecule has 0 bridgehead atoms. The van der Waals surface area contributed by atoms with E-state index >= 15 is 0 Å². The third-order valence-corrected chi connectivity index (χ3v) is 3.84. The molecule has 6 heteroatoms. The minimum Gasteiger partial charge on any atom is -0.356 e. The average molecular weight is 405 g/mol. The largest absolute Gasteiger partial charge is 0.356 e. The van der Waals surface area contributed by atoms with E-state index in [9.17, 15) is 0 Å². The molecular weight excluding hydrogens is 377 g/mol. The minimum atomic E-state index is 0. The van der Waals surface area contributed by atoms with Gasteiger partial charge in [-0.15, -0.1) is 24.0 Å². The highest BCUT2D eigenvalue weighted by atomic mass is 127. The van der Waals surface area contributed by atoms with Crippen LogP contribution in [0.4, 0.5) is 0 Å². The number of nitrogens with zero attached hydrogens (tertiary/aromatic N) is 4. The van der Waals surface area contributed by atoms with E-state index in [0.717, 1.165) is 43.9 Å². The topological polar surface area (TPSA) is 45.5 Å². The lowest BCUT2D eigenvalue weighted by atomic mass is 9.92. The van der Waals surface area contributed by atoms with Crippen LogP contribution in [0.2, 0.25) is 0 Å². The van der Waals surface area contributed by atoms with Crippen LogP contribution in [0, 0.1) is 11.8 Å². The van der Waals surface area contributed by atoms with Crippen LogP contribution in [0.3, 0.4) is 0 Å². The molecule has 120 valence electrons. The highest BCUT2D eigenvalue weighted by Gasteiger charge is 2.23. The van der Waals surface area contributed by atoms with Crippen LogP contribution in [-0.2, 0) is 13.5 Å². The Morgan fingerprint density at radius 1 is 1.38 bits per heavy atom. The summed E-state index contributed by atoms with van der Waals surface area (Å²) in [6.45, 7) is 7.77. The first-order chi connectivity index (χ1) is 9.58. The number of rotatable bonds is 3. The first-order valence-corrected chi connectivity index (χ1v) is 7.51. The van der Waals surface area contributed by atoms with Crippen molar-refractivity contribution in [2.45, 2.75) is 26.7 Å². The summed E-state index contributed by atoms with van der Waals surface area (Å²) in [6, 6.07) is 0. The standard InChI is InChI=1S/C15H27N5.HI/c1-12-7-13(2)10-20(9-12)15(16-3)17-6-5-14-8-18-19(4)11-14;/h8,11-13H,5-7,9-10H2,1-4H3,(H,16,17);1H. The van der Waals surface area contributed by atoms with Gasteiger partial charge in [0.25, 0.3) is 0 Å². The number of aryl methyl sites for hydroxylation is 1. The van der Waals surface area contributed by atoms with Gasteiger partial charge in [0.2, 0.25) is 0 Å². The number of piperidine rings is 1. The molecule has 1 aromatic heterocycles. The van der Waals surface area contributed by atoms with Gasteiger partial charge in [-0.25, -0.2) is 0 Å². The van der Waals surface area contributed by atoms with Crippen LogP contribution >= 0.6 is 24.0 Å². The number of aliphatic imine (C=N–C) groups is 1. The maximum Gasteiger partial charge on any atom is 0.193 e. The van der Waals surface area contributed by atoms with Crippen molar-refractivity contribution in [3.8, 4) is 0 Å². The molecule has 2 unspecified atom stereocenters. The molecule has 0 aromatic carbocycles. The van der Waals surface area contributed by atoms with E-state index in [1.54, 1.807) is 0 Å². The SMILES string of the molecule is CN=C(NCCc1cnn(C)c1)N1CC(C)CC(C)C1.I. The first kappa shape index (κ1) is 18.3. The highest BCUT2D eigenvalue weighted by Crippen LogP contribution is 2.20. The molecule has 0 aliphatic carbocycles. The van der Waals surface area contributed by atoms with E-state index in [1.807, 2.05) is 25.0 Å². The Labute approximate surface area is 145 Å². The van der Waals surface area contributed by atoms with E-state index in [-0.39, 0.29) is 24.0 Å². The van der Waals surface area contributed by atoms with Gasteiger partial charge in [0.05, 0.1) is 6.20 Å². The third kappa shape index (κ3) is 5.48. The van der Waals surface area contributed by atoms with Crippen LogP contribution in [0.15, 0.2) is 17.4 Å². The number of nitrogens with one attached hydrogen (secondary N) is 1. The zero-order chi connectivity index (χ0) is 14.5. The Morgan fingerprint density at radius 2 is 2.05 bits per heavy atom. The number of aromatic nitrogens is 2. The monoisotopic (exact) mass is 405 g/mol. The molecule has 1 fully saturated rings. The summed E-state index contributed by atoms with van der Waals surface area (Å²) in [5.41, 5.74) is 1.26. The summed E-state index contributed by atoms with van der Waals surface area (Å²) >= 11 is 0. The molecule has 0 amide bonds. The first-order valence-electron chi connectivity index (χ1n) is 7.51. The summed E-state index contributed by atoms with van der Waals surface area (Å²) in [5.74, 6) is 2.53. The molecule has 1 N–H and O–H groups in total. The van der Waals surface area contributed by atoms with Crippen molar-refractivity contribution in [1.29, 1.82) is 0 Å². The molecular formula is C15H28IN5. The summed E-state index contributed by atoms with van der Waals surface area (Å²) in [4.78, 5) is 6.82. The second kappa shape index (κ2) is 8.60. The lowest BCUT2D eigenvalue weighted by molar-refractivity contribution is 0.208. The Kier molecular flexibility index (Phi) is 7.48. The van der Waals surface area contributed by atoms with E-state index in [4.69, 9.17) is 0 Å². The number of halogens is 1. The van der Waals surface area contributed by atoms with Crippen LogP contribution in [-0.4, -0.2) is 47.3 Å². The van der Waals surface area contributed by atoms with E-state index in [2.05, 4.69) is 40.4 Å². The van der Waals surface area contributed by atoms with Crippen molar-refractivity contribution >= 4 is 29.9 Å². The van der Waals surface area contributed by atoms with Crippen molar-refractivity contribution in [2.24, 2.45) is 23.9 Å². The van der Waals surface area contributed by atoms with Crippen LogP contribution < -0.4 is 5.32 Å². The average Bonchev–Trinajstić information content (AvgIpc) is 2.79. The fourth-order valence-corrected chi connectivity index (χ4v) is 3.09. The zero-order valence-corrected chi connectivity index (χ0v) is 15.9. The van der Waals surface area contributed by atoms with E-state index in [0.29, 0.717) is 0 Å². The molecule has 0 spiro atoms. The third-order valence-electron chi connectivity index (χ3n) is 3.84. The van der Waals surface area contributed by atoms with Gasteiger partial charge in [-0.1, -0.05) is 13.8 Å². The van der Waals surface area contributed by atoms with Gasteiger partial charge in [-0.05, 0) is 30.2 Å².